The van der Waals surface area contributed by atoms with Gasteiger partial charge in [0.1, 0.15) is 0 Å². The van der Waals surface area contributed by atoms with Crippen molar-refractivity contribution in [1.29, 1.82) is 0 Å². The van der Waals surface area contributed by atoms with E-state index in [0.717, 1.165) is 11.3 Å². The fourth-order valence-corrected chi connectivity index (χ4v) is 2.04. The third-order valence-corrected chi connectivity index (χ3v) is 3.37. The summed E-state index contributed by atoms with van der Waals surface area (Å²) < 4.78 is 22.5. The molecule has 0 saturated heterocycles. The van der Waals surface area contributed by atoms with Crippen molar-refractivity contribution in [2.45, 2.75) is 4.90 Å². The van der Waals surface area contributed by atoms with Crippen LogP contribution in [0.25, 0.3) is 11.3 Å². The van der Waals surface area contributed by atoms with Gasteiger partial charge in [-0.2, -0.15) is 0 Å². The Balaban J connectivity index is 2.41. The van der Waals surface area contributed by atoms with Crippen molar-refractivity contribution in [2.75, 3.05) is 6.26 Å². The molecule has 0 N–H and O–H groups in total. The van der Waals surface area contributed by atoms with E-state index in [2.05, 4.69) is 4.98 Å². The van der Waals surface area contributed by atoms with Crippen LogP contribution >= 0.6 is 0 Å². The van der Waals surface area contributed by atoms with Gasteiger partial charge in [0.15, 0.2) is 9.84 Å². The normalized spacial score (nSPS) is 11.3. The zero-order valence-electron chi connectivity index (χ0n) is 8.79. The summed E-state index contributed by atoms with van der Waals surface area (Å²) in [6.45, 7) is 0. The van der Waals surface area contributed by atoms with Crippen molar-refractivity contribution in [3.05, 3.63) is 48.7 Å². The van der Waals surface area contributed by atoms with E-state index in [9.17, 15) is 8.42 Å². The largest absolute Gasteiger partial charge is 0.256 e. The number of rotatable bonds is 2. The lowest BCUT2D eigenvalue weighted by Crippen LogP contribution is -1.96. The summed E-state index contributed by atoms with van der Waals surface area (Å²) in [6.07, 6.45) is 2.91. The van der Waals surface area contributed by atoms with E-state index < -0.39 is 9.84 Å². The lowest BCUT2D eigenvalue weighted by atomic mass is 10.1. The van der Waals surface area contributed by atoms with E-state index >= 15 is 0 Å². The minimum atomic E-state index is -3.12. The van der Waals surface area contributed by atoms with Crippen molar-refractivity contribution >= 4 is 9.84 Å². The Kier molecular flexibility index (Phi) is 2.75. The Morgan fingerprint density at radius 2 is 1.69 bits per heavy atom. The molecule has 4 heteroatoms. The van der Waals surface area contributed by atoms with E-state index in [1.807, 2.05) is 18.2 Å². The summed E-state index contributed by atoms with van der Waals surface area (Å²) in [5.41, 5.74) is 1.75. The van der Waals surface area contributed by atoms with Crippen molar-refractivity contribution in [2.24, 2.45) is 0 Å². The van der Waals surface area contributed by atoms with Gasteiger partial charge >= 0.3 is 0 Å². The highest BCUT2D eigenvalue weighted by molar-refractivity contribution is 7.90. The van der Waals surface area contributed by atoms with Crippen LogP contribution in [0.5, 0.6) is 0 Å². The molecule has 0 aliphatic heterocycles. The summed E-state index contributed by atoms with van der Waals surface area (Å²) in [4.78, 5) is 4.52. The molecule has 0 saturated carbocycles. The fraction of sp³-hybridized carbons (Fsp3) is 0.0833. The van der Waals surface area contributed by atoms with Gasteiger partial charge in [0.2, 0.25) is 0 Å². The van der Waals surface area contributed by atoms with Crippen molar-refractivity contribution in [1.82, 2.24) is 4.98 Å². The predicted octanol–water partition coefficient (Wildman–Crippen LogP) is 2.15. The smallest absolute Gasteiger partial charge is 0.175 e. The van der Waals surface area contributed by atoms with Gasteiger partial charge < -0.3 is 0 Å². The molecule has 2 rings (SSSR count). The molecule has 0 unspecified atom stereocenters. The van der Waals surface area contributed by atoms with Crippen LogP contribution in [0.4, 0.5) is 0 Å². The van der Waals surface area contributed by atoms with E-state index in [0.29, 0.717) is 4.90 Å². The molecule has 0 atom stereocenters. The molecule has 16 heavy (non-hydrogen) atoms. The van der Waals surface area contributed by atoms with Gasteiger partial charge in [0, 0.05) is 18.0 Å². The van der Waals surface area contributed by atoms with Crippen LogP contribution in [0, 0.1) is 0 Å². The van der Waals surface area contributed by atoms with Crippen molar-refractivity contribution in [3.8, 4) is 11.3 Å². The maximum atomic E-state index is 11.3. The molecule has 0 bridgehead atoms. The Morgan fingerprint density at radius 3 is 2.19 bits per heavy atom. The molecule has 0 radical (unpaired) electrons. The number of hydrogen-bond acceptors (Lipinski definition) is 3. The Morgan fingerprint density at radius 1 is 1.00 bits per heavy atom. The molecule has 82 valence electrons. The standard InChI is InChI=1S/C12H11NO2S/c1-16(14,15)11-7-5-10(6-8-11)12-4-2-3-9-13-12/h2-9H,1H3. The summed E-state index contributed by atoms with van der Waals surface area (Å²) in [5, 5.41) is 0. The summed E-state index contributed by atoms with van der Waals surface area (Å²) in [6, 6.07) is 12.3. The number of nitrogens with zero attached hydrogens (tertiary/aromatic N) is 1. The zero-order valence-corrected chi connectivity index (χ0v) is 9.61. The molecule has 0 aliphatic rings. The molecule has 3 nitrogen and oxygen atoms in total. The summed E-state index contributed by atoms with van der Waals surface area (Å²) in [7, 11) is -3.12. The highest BCUT2D eigenvalue weighted by Crippen LogP contribution is 2.18. The zero-order chi connectivity index (χ0) is 11.6. The van der Waals surface area contributed by atoms with Gasteiger partial charge in [0.25, 0.3) is 0 Å². The van der Waals surface area contributed by atoms with Crippen molar-refractivity contribution < 1.29 is 8.42 Å². The summed E-state index contributed by atoms with van der Waals surface area (Å²) in [5.74, 6) is 0. The molecular weight excluding hydrogens is 222 g/mol. The van der Waals surface area contributed by atoms with Gasteiger partial charge in [-0.25, -0.2) is 8.42 Å². The first kappa shape index (κ1) is 10.8. The molecule has 0 fully saturated rings. The van der Waals surface area contributed by atoms with E-state index in [1.165, 1.54) is 6.26 Å². The second-order valence-corrected chi connectivity index (χ2v) is 5.53. The third-order valence-electron chi connectivity index (χ3n) is 2.24. The second kappa shape index (κ2) is 4.06. The maximum absolute atomic E-state index is 11.3. The van der Waals surface area contributed by atoms with Crippen LogP contribution in [0.1, 0.15) is 0 Å². The highest BCUT2D eigenvalue weighted by Gasteiger charge is 2.06. The third kappa shape index (κ3) is 2.28. The monoisotopic (exact) mass is 233 g/mol. The second-order valence-electron chi connectivity index (χ2n) is 3.51. The van der Waals surface area contributed by atoms with Crippen LogP contribution in [-0.4, -0.2) is 19.7 Å². The van der Waals surface area contributed by atoms with E-state index in [1.54, 1.807) is 30.5 Å². The first-order valence-electron chi connectivity index (χ1n) is 4.79. The van der Waals surface area contributed by atoms with Crippen LogP contribution in [-0.2, 0) is 9.84 Å². The Labute approximate surface area is 94.7 Å². The molecule has 1 heterocycles. The van der Waals surface area contributed by atoms with Gasteiger partial charge in [0.05, 0.1) is 10.6 Å². The lowest BCUT2D eigenvalue weighted by Gasteiger charge is -2.01. The average Bonchev–Trinajstić information content (AvgIpc) is 2.29. The maximum Gasteiger partial charge on any atom is 0.175 e. The van der Waals surface area contributed by atoms with Crippen LogP contribution in [0.2, 0.25) is 0 Å². The van der Waals surface area contributed by atoms with Crippen LogP contribution in [0.15, 0.2) is 53.6 Å². The number of benzene rings is 1. The quantitative estimate of drug-likeness (QED) is 0.798. The molecule has 1 aromatic heterocycles. The van der Waals surface area contributed by atoms with Crippen LogP contribution < -0.4 is 0 Å². The van der Waals surface area contributed by atoms with Gasteiger partial charge in [-0.3, -0.25) is 4.98 Å². The van der Waals surface area contributed by atoms with Gasteiger partial charge in [-0.1, -0.05) is 18.2 Å². The first-order valence-corrected chi connectivity index (χ1v) is 6.68. The molecule has 0 spiro atoms. The fourth-order valence-electron chi connectivity index (χ4n) is 1.41. The minimum absolute atomic E-state index is 0.326. The van der Waals surface area contributed by atoms with E-state index in [-0.39, 0.29) is 0 Å². The summed E-state index contributed by atoms with van der Waals surface area (Å²) >= 11 is 0. The highest BCUT2D eigenvalue weighted by atomic mass is 32.2. The van der Waals surface area contributed by atoms with Gasteiger partial charge in [-0.05, 0) is 24.3 Å². The van der Waals surface area contributed by atoms with Gasteiger partial charge in [-0.15, -0.1) is 0 Å². The molecule has 1 aromatic carbocycles. The average molecular weight is 233 g/mol. The SMILES string of the molecule is CS(=O)(=O)c1ccc(-c2ccccn2)cc1. The predicted molar refractivity (Wildman–Crippen MR) is 62.8 cm³/mol. The number of hydrogen-bond donors (Lipinski definition) is 0. The molecule has 0 aliphatic carbocycles. The first-order chi connectivity index (χ1) is 7.57. The molecule has 0 amide bonds. The number of pyridine rings is 1. The van der Waals surface area contributed by atoms with E-state index in [4.69, 9.17) is 0 Å². The Hall–Kier alpha value is -1.68. The number of sulfone groups is 1. The molecule has 2 aromatic rings. The minimum Gasteiger partial charge on any atom is -0.256 e. The number of aromatic nitrogens is 1. The van der Waals surface area contributed by atoms with Crippen molar-refractivity contribution in [3.63, 3.8) is 0 Å². The lowest BCUT2D eigenvalue weighted by molar-refractivity contribution is 0.602. The Bertz CT molecular complexity index is 574. The topological polar surface area (TPSA) is 47.0 Å². The van der Waals surface area contributed by atoms with Crippen LogP contribution in [0.3, 0.4) is 0 Å². The molecular formula is C12H11NO2S.